The second-order valence-electron chi connectivity index (χ2n) is 4.92. The highest BCUT2D eigenvalue weighted by atomic mass is 16.6. The second-order valence-corrected chi connectivity index (χ2v) is 4.92. The number of hydrogen-bond donors (Lipinski definition) is 2. The summed E-state index contributed by atoms with van der Waals surface area (Å²) in [6.07, 6.45) is 1.12. The molecule has 0 aromatic carbocycles. The van der Waals surface area contributed by atoms with Crippen LogP contribution in [0.4, 0.5) is 5.82 Å². The normalized spacial score (nSPS) is 16.8. The average Bonchev–Trinajstić information content (AvgIpc) is 2.82. The monoisotopic (exact) mass is 305 g/mol. The smallest absolute Gasteiger partial charge is 0.375 e. The highest BCUT2D eigenvalue weighted by Crippen LogP contribution is 2.30. The van der Waals surface area contributed by atoms with Gasteiger partial charge in [-0.25, -0.2) is 9.78 Å². The number of aromatic nitrogens is 1. The van der Waals surface area contributed by atoms with Crippen molar-refractivity contribution in [2.45, 2.75) is 33.9 Å². The minimum Gasteiger partial charge on any atom is -0.460 e. The quantitative estimate of drug-likeness (QED) is 0.824. The minimum atomic E-state index is -0.519. The fourth-order valence-electron chi connectivity index (χ4n) is 2.11. The molecule has 118 valence electrons. The van der Waals surface area contributed by atoms with E-state index >= 15 is 0 Å². The Hall–Kier alpha value is -2.57. The van der Waals surface area contributed by atoms with E-state index in [0.717, 1.165) is 11.1 Å². The lowest BCUT2D eigenvalue weighted by Crippen LogP contribution is -2.17. The van der Waals surface area contributed by atoms with Gasteiger partial charge in [-0.1, -0.05) is 0 Å². The number of ether oxygens (including phenoxy) is 2. The van der Waals surface area contributed by atoms with Crippen LogP contribution in [0.1, 0.15) is 38.1 Å². The molecule has 0 aliphatic carbocycles. The molecule has 2 N–H and O–H groups in total. The van der Waals surface area contributed by atoms with Crippen molar-refractivity contribution in [1.82, 2.24) is 10.3 Å². The third kappa shape index (κ3) is 3.36. The van der Waals surface area contributed by atoms with E-state index in [2.05, 4.69) is 15.6 Å². The largest absolute Gasteiger partial charge is 0.460 e. The van der Waals surface area contributed by atoms with E-state index in [4.69, 9.17) is 9.47 Å². The first-order valence-corrected chi connectivity index (χ1v) is 6.97. The summed E-state index contributed by atoms with van der Waals surface area (Å²) in [6.45, 7) is 7.06. The Labute approximate surface area is 128 Å². The van der Waals surface area contributed by atoms with Crippen LogP contribution in [0.3, 0.4) is 0 Å². The number of allylic oxidation sites excluding steroid dienone is 1. The number of carbonyl (C=O) groups excluding carboxylic acids is 2. The van der Waals surface area contributed by atoms with Crippen molar-refractivity contribution in [3.63, 3.8) is 0 Å². The zero-order chi connectivity index (χ0) is 16.3. The number of nitrogens with zero attached hydrogens (tertiary/aromatic N) is 1. The molecule has 0 bridgehead atoms. The van der Waals surface area contributed by atoms with Crippen LogP contribution >= 0.6 is 0 Å². The first kappa shape index (κ1) is 15.8. The standard InChI is InChI=1S/C15H19N3O4/c1-5-21-15(20)13-9(3)17-14(22-13)11-6-12(18-10(4)19)16-7-8(11)2/h6-7,14,17H,5H2,1-4H3,(H,16,18,19). The summed E-state index contributed by atoms with van der Waals surface area (Å²) < 4.78 is 10.6. The number of aryl methyl sites for hydroxylation is 1. The van der Waals surface area contributed by atoms with Gasteiger partial charge in [0, 0.05) is 18.7 Å². The van der Waals surface area contributed by atoms with Gasteiger partial charge in [-0.05, 0) is 32.4 Å². The van der Waals surface area contributed by atoms with Crippen molar-refractivity contribution in [3.05, 3.63) is 34.8 Å². The molecular weight excluding hydrogens is 286 g/mol. The summed E-state index contributed by atoms with van der Waals surface area (Å²) in [5, 5.41) is 5.72. The van der Waals surface area contributed by atoms with Gasteiger partial charge in [0.2, 0.25) is 11.7 Å². The number of anilines is 1. The van der Waals surface area contributed by atoms with E-state index in [1.54, 1.807) is 26.1 Å². The van der Waals surface area contributed by atoms with Crippen molar-refractivity contribution < 1.29 is 19.1 Å². The fourth-order valence-corrected chi connectivity index (χ4v) is 2.11. The molecule has 1 aromatic heterocycles. The first-order valence-electron chi connectivity index (χ1n) is 6.97. The lowest BCUT2D eigenvalue weighted by Gasteiger charge is -2.16. The van der Waals surface area contributed by atoms with Crippen LogP contribution in [0.5, 0.6) is 0 Å². The molecule has 1 aliphatic heterocycles. The van der Waals surface area contributed by atoms with E-state index < -0.39 is 12.2 Å². The molecule has 2 heterocycles. The summed E-state index contributed by atoms with van der Waals surface area (Å²) in [4.78, 5) is 27.1. The molecule has 2 rings (SSSR count). The van der Waals surface area contributed by atoms with Gasteiger partial charge in [0.1, 0.15) is 5.82 Å². The zero-order valence-electron chi connectivity index (χ0n) is 13.0. The maximum atomic E-state index is 11.8. The van der Waals surface area contributed by atoms with Gasteiger partial charge in [0.15, 0.2) is 6.23 Å². The minimum absolute atomic E-state index is 0.170. The lowest BCUT2D eigenvalue weighted by molar-refractivity contribution is -0.143. The van der Waals surface area contributed by atoms with Crippen molar-refractivity contribution in [2.24, 2.45) is 0 Å². The molecule has 1 amide bonds. The van der Waals surface area contributed by atoms with Crippen LogP contribution in [0.2, 0.25) is 0 Å². The molecule has 0 spiro atoms. The number of amides is 1. The molecule has 1 unspecified atom stereocenters. The van der Waals surface area contributed by atoms with Gasteiger partial charge in [-0.3, -0.25) is 4.79 Å². The second kappa shape index (κ2) is 6.46. The van der Waals surface area contributed by atoms with Gasteiger partial charge >= 0.3 is 5.97 Å². The predicted octanol–water partition coefficient (Wildman–Crippen LogP) is 1.76. The van der Waals surface area contributed by atoms with Crippen molar-refractivity contribution in [2.75, 3.05) is 11.9 Å². The Bertz CT molecular complexity index is 640. The first-order chi connectivity index (χ1) is 10.4. The molecule has 1 atom stereocenters. The lowest BCUT2D eigenvalue weighted by atomic mass is 10.1. The number of carbonyl (C=O) groups is 2. The summed E-state index contributed by atoms with van der Waals surface area (Å²) in [6, 6.07) is 1.72. The molecule has 0 radical (unpaired) electrons. The number of esters is 1. The van der Waals surface area contributed by atoms with Crippen molar-refractivity contribution in [3.8, 4) is 0 Å². The predicted molar refractivity (Wildman–Crippen MR) is 79.6 cm³/mol. The van der Waals surface area contributed by atoms with Gasteiger partial charge in [0.25, 0.3) is 0 Å². The summed E-state index contributed by atoms with van der Waals surface area (Å²) in [5.74, 6) is -0.0993. The molecule has 22 heavy (non-hydrogen) atoms. The third-order valence-electron chi connectivity index (χ3n) is 3.12. The Morgan fingerprint density at radius 3 is 2.82 bits per heavy atom. The maximum Gasteiger partial charge on any atom is 0.375 e. The van der Waals surface area contributed by atoms with E-state index in [1.807, 2.05) is 6.92 Å². The van der Waals surface area contributed by atoms with Crippen LogP contribution in [-0.4, -0.2) is 23.5 Å². The summed E-state index contributed by atoms with van der Waals surface area (Å²) in [5.41, 5.74) is 2.28. The number of hydrogen-bond acceptors (Lipinski definition) is 6. The maximum absolute atomic E-state index is 11.8. The highest BCUT2D eigenvalue weighted by Gasteiger charge is 2.30. The van der Waals surface area contributed by atoms with Crippen molar-refractivity contribution in [1.29, 1.82) is 0 Å². The van der Waals surface area contributed by atoms with Gasteiger partial charge in [-0.2, -0.15) is 0 Å². The van der Waals surface area contributed by atoms with E-state index in [0.29, 0.717) is 11.5 Å². The molecule has 0 fully saturated rings. The molecule has 0 saturated heterocycles. The van der Waals surface area contributed by atoms with Gasteiger partial charge < -0.3 is 20.1 Å². The SMILES string of the molecule is CCOC(=O)C1=C(C)NC(c2cc(NC(C)=O)ncc2C)O1. The van der Waals surface area contributed by atoms with Crippen LogP contribution in [-0.2, 0) is 19.1 Å². The van der Waals surface area contributed by atoms with Crippen LogP contribution in [0.15, 0.2) is 23.7 Å². The number of rotatable bonds is 4. The Morgan fingerprint density at radius 2 is 2.18 bits per heavy atom. The molecule has 0 saturated carbocycles. The number of nitrogens with one attached hydrogen (secondary N) is 2. The molecule has 1 aliphatic rings. The summed E-state index contributed by atoms with van der Waals surface area (Å²) >= 11 is 0. The summed E-state index contributed by atoms with van der Waals surface area (Å²) in [7, 11) is 0. The van der Waals surface area contributed by atoms with Gasteiger partial charge in [-0.15, -0.1) is 0 Å². The fraction of sp³-hybridized carbons (Fsp3) is 0.400. The van der Waals surface area contributed by atoms with E-state index in [-0.39, 0.29) is 18.3 Å². The van der Waals surface area contributed by atoms with Crippen LogP contribution in [0.25, 0.3) is 0 Å². The van der Waals surface area contributed by atoms with Crippen LogP contribution in [0, 0.1) is 6.92 Å². The Balaban J connectivity index is 2.20. The third-order valence-corrected chi connectivity index (χ3v) is 3.12. The Kier molecular flexibility index (Phi) is 4.65. The topological polar surface area (TPSA) is 89.6 Å². The van der Waals surface area contributed by atoms with E-state index in [1.165, 1.54) is 6.92 Å². The van der Waals surface area contributed by atoms with E-state index in [9.17, 15) is 9.59 Å². The molecule has 7 nitrogen and oxygen atoms in total. The average molecular weight is 305 g/mol. The van der Waals surface area contributed by atoms with Gasteiger partial charge in [0.05, 0.1) is 12.3 Å². The van der Waals surface area contributed by atoms with Crippen LogP contribution < -0.4 is 10.6 Å². The molecule has 1 aromatic rings. The molecule has 7 heteroatoms. The van der Waals surface area contributed by atoms with Crippen molar-refractivity contribution >= 4 is 17.7 Å². The molecular formula is C15H19N3O4. The number of pyridine rings is 1. The Morgan fingerprint density at radius 1 is 1.45 bits per heavy atom. The zero-order valence-corrected chi connectivity index (χ0v) is 13.0. The highest BCUT2D eigenvalue weighted by molar-refractivity contribution is 5.88.